The quantitative estimate of drug-likeness (QED) is 0.757. The number of carbonyl (C=O) groups excluding carboxylic acids is 1. The van der Waals surface area contributed by atoms with Crippen molar-refractivity contribution >= 4 is 17.5 Å². The van der Waals surface area contributed by atoms with Crippen molar-refractivity contribution in [1.29, 1.82) is 0 Å². The predicted octanol–water partition coefficient (Wildman–Crippen LogP) is 3.21. The molecule has 1 amide bonds. The van der Waals surface area contributed by atoms with Gasteiger partial charge in [-0.15, -0.1) is 0 Å². The highest BCUT2D eigenvalue weighted by Gasteiger charge is 2.31. The lowest BCUT2D eigenvalue weighted by Crippen LogP contribution is -2.43. The molecule has 138 valence electrons. The average molecular weight is 375 g/mol. The topological polar surface area (TPSA) is 60.3 Å². The number of rotatable bonds is 7. The maximum atomic E-state index is 12.5. The van der Waals surface area contributed by atoms with Crippen molar-refractivity contribution in [3.05, 3.63) is 69.1 Å². The first kappa shape index (κ1) is 18.7. The first-order valence-corrected chi connectivity index (χ1v) is 9.29. The van der Waals surface area contributed by atoms with Crippen molar-refractivity contribution in [3.8, 4) is 0 Å². The molecule has 1 aromatic carbocycles. The van der Waals surface area contributed by atoms with E-state index in [2.05, 4.69) is 11.4 Å². The van der Waals surface area contributed by atoms with Crippen LogP contribution < -0.4 is 10.9 Å². The lowest BCUT2D eigenvalue weighted by Gasteiger charge is -2.36. The van der Waals surface area contributed by atoms with Gasteiger partial charge in [0, 0.05) is 36.5 Å². The van der Waals surface area contributed by atoms with Crippen LogP contribution in [-0.2, 0) is 11.3 Å². The molecular formula is C20H23ClN2O3. The Kier molecular flexibility index (Phi) is 6.12. The van der Waals surface area contributed by atoms with Gasteiger partial charge in [-0.2, -0.15) is 0 Å². The second-order valence-corrected chi connectivity index (χ2v) is 6.98. The summed E-state index contributed by atoms with van der Waals surface area (Å²) in [5.41, 5.74) is 1.57. The molecule has 1 aliphatic rings. The molecular weight excluding hydrogens is 352 g/mol. The summed E-state index contributed by atoms with van der Waals surface area (Å²) >= 11 is 6.04. The van der Waals surface area contributed by atoms with Gasteiger partial charge in [0.2, 0.25) is 0 Å². The lowest BCUT2D eigenvalue weighted by atomic mass is 9.76. The van der Waals surface area contributed by atoms with Gasteiger partial charge in [-0.3, -0.25) is 9.59 Å². The van der Waals surface area contributed by atoms with Gasteiger partial charge >= 0.3 is 0 Å². The maximum absolute atomic E-state index is 12.5. The van der Waals surface area contributed by atoms with Gasteiger partial charge in [-0.05, 0) is 49.4 Å². The minimum atomic E-state index is -0.148. The lowest BCUT2D eigenvalue weighted by molar-refractivity contribution is 0.0907. The van der Waals surface area contributed by atoms with Crippen LogP contribution in [0.2, 0.25) is 5.02 Å². The Morgan fingerprint density at radius 2 is 2.12 bits per heavy atom. The number of ether oxygens (including phenoxy) is 1. The van der Waals surface area contributed by atoms with Gasteiger partial charge in [-0.1, -0.05) is 23.7 Å². The molecule has 6 heteroatoms. The van der Waals surface area contributed by atoms with Crippen LogP contribution in [0, 0.1) is 0 Å². The minimum Gasteiger partial charge on any atom is -0.380 e. The molecule has 26 heavy (non-hydrogen) atoms. The summed E-state index contributed by atoms with van der Waals surface area (Å²) in [4.78, 5) is 24.3. The van der Waals surface area contributed by atoms with E-state index in [-0.39, 0.29) is 17.5 Å². The molecule has 1 aliphatic carbocycles. The zero-order valence-electron chi connectivity index (χ0n) is 14.8. The van der Waals surface area contributed by atoms with Crippen molar-refractivity contribution < 1.29 is 9.53 Å². The van der Waals surface area contributed by atoms with Crippen LogP contribution >= 0.6 is 11.6 Å². The van der Waals surface area contributed by atoms with E-state index in [1.807, 2.05) is 25.1 Å². The molecule has 2 aromatic rings. The Balaban J connectivity index is 1.56. The predicted molar refractivity (Wildman–Crippen MR) is 102 cm³/mol. The molecule has 0 aliphatic heterocycles. The summed E-state index contributed by atoms with van der Waals surface area (Å²) in [5, 5.41) is 3.78. The van der Waals surface area contributed by atoms with Gasteiger partial charge in [0.15, 0.2) is 0 Å². The van der Waals surface area contributed by atoms with Crippen molar-refractivity contribution in [3.63, 3.8) is 0 Å². The molecule has 0 radical (unpaired) electrons. The van der Waals surface area contributed by atoms with E-state index < -0.39 is 0 Å². The molecule has 1 heterocycles. The summed E-state index contributed by atoms with van der Waals surface area (Å²) in [6.07, 6.45) is 3.40. The molecule has 1 N–H and O–H groups in total. The van der Waals surface area contributed by atoms with Gasteiger partial charge in [0.1, 0.15) is 0 Å². The van der Waals surface area contributed by atoms with Crippen molar-refractivity contribution in [1.82, 2.24) is 9.88 Å². The van der Waals surface area contributed by atoms with Crippen LogP contribution in [0.15, 0.2) is 47.4 Å². The zero-order valence-corrected chi connectivity index (χ0v) is 15.5. The number of aromatic nitrogens is 1. The highest BCUT2D eigenvalue weighted by atomic mass is 35.5. The fourth-order valence-electron chi connectivity index (χ4n) is 3.18. The van der Waals surface area contributed by atoms with Crippen LogP contribution in [0.4, 0.5) is 0 Å². The molecule has 0 spiro atoms. The molecule has 5 nitrogen and oxygen atoms in total. The molecule has 1 aromatic heterocycles. The van der Waals surface area contributed by atoms with Crippen LogP contribution in [0.25, 0.3) is 0 Å². The summed E-state index contributed by atoms with van der Waals surface area (Å²) in [6, 6.07) is 11.0. The Labute approximate surface area is 157 Å². The van der Waals surface area contributed by atoms with Gasteiger partial charge < -0.3 is 14.6 Å². The van der Waals surface area contributed by atoms with Crippen LogP contribution in [-0.4, -0.2) is 29.7 Å². The number of nitrogens with one attached hydrogen (secondary N) is 1. The minimum absolute atomic E-state index is 0.133. The monoisotopic (exact) mass is 374 g/mol. The third-order valence-electron chi connectivity index (χ3n) is 4.72. The normalized spacial score (nSPS) is 19.0. The van der Waals surface area contributed by atoms with E-state index in [0.717, 1.165) is 17.9 Å². The second-order valence-electron chi connectivity index (χ2n) is 6.54. The summed E-state index contributed by atoms with van der Waals surface area (Å²) < 4.78 is 6.79. The number of halogens is 1. The van der Waals surface area contributed by atoms with Crippen molar-refractivity contribution in [2.45, 2.75) is 38.3 Å². The maximum Gasteiger partial charge on any atom is 0.252 e. The van der Waals surface area contributed by atoms with E-state index >= 15 is 0 Å². The smallest absolute Gasteiger partial charge is 0.252 e. The standard InChI is InChI=1S/C20H23ClN2O3/c1-2-26-9-8-23-13-15(6-7-19(23)24)20(25)22-18-11-16(12-18)14-4-3-5-17(21)10-14/h3-7,10,13,16,18H,2,8-9,11-12H2,1H3,(H,22,25). The Morgan fingerprint density at radius 1 is 1.31 bits per heavy atom. The van der Waals surface area contributed by atoms with Crippen LogP contribution in [0.5, 0.6) is 0 Å². The van der Waals surface area contributed by atoms with Crippen molar-refractivity contribution in [2.24, 2.45) is 0 Å². The number of nitrogens with zero attached hydrogens (tertiary/aromatic N) is 1. The second kappa shape index (κ2) is 8.52. The Bertz CT molecular complexity index is 828. The summed E-state index contributed by atoms with van der Waals surface area (Å²) in [6.45, 7) is 3.39. The van der Waals surface area contributed by atoms with Crippen LogP contribution in [0.1, 0.15) is 41.6 Å². The molecule has 0 saturated heterocycles. The van der Waals surface area contributed by atoms with Crippen molar-refractivity contribution in [2.75, 3.05) is 13.2 Å². The third-order valence-corrected chi connectivity index (χ3v) is 4.95. The number of amides is 1. The molecule has 0 unspecified atom stereocenters. The molecule has 0 atom stereocenters. The van der Waals surface area contributed by atoms with Gasteiger partial charge in [-0.25, -0.2) is 0 Å². The van der Waals surface area contributed by atoms with E-state index in [0.29, 0.717) is 31.2 Å². The molecule has 0 bridgehead atoms. The van der Waals surface area contributed by atoms with E-state index in [1.54, 1.807) is 12.3 Å². The molecule has 1 saturated carbocycles. The number of hydrogen-bond acceptors (Lipinski definition) is 3. The summed E-state index contributed by atoms with van der Waals surface area (Å²) in [5.74, 6) is 0.281. The van der Waals surface area contributed by atoms with E-state index in [9.17, 15) is 9.59 Å². The third kappa shape index (κ3) is 4.54. The van der Waals surface area contributed by atoms with E-state index in [1.165, 1.54) is 16.2 Å². The Morgan fingerprint density at radius 3 is 2.85 bits per heavy atom. The first-order chi connectivity index (χ1) is 12.6. The zero-order chi connectivity index (χ0) is 18.5. The fourth-order valence-corrected chi connectivity index (χ4v) is 3.38. The van der Waals surface area contributed by atoms with Gasteiger partial charge in [0.25, 0.3) is 11.5 Å². The largest absolute Gasteiger partial charge is 0.380 e. The highest BCUT2D eigenvalue weighted by Crippen LogP contribution is 2.37. The number of benzene rings is 1. The Hall–Kier alpha value is -2.11. The SMILES string of the molecule is CCOCCn1cc(C(=O)NC2CC(c3cccc(Cl)c3)C2)ccc1=O. The average Bonchev–Trinajstić information content (AvgIpc) is 2.59. The first-order valence-electron chi connectivity index (χ1n) is 8.91. The molecule has 3 rings (SSSR count). The fraction of sp³-hybridized carbons (Fsp3) is 0.400. The molecule has 1 fully saturated rings. The number of pyridine rings is 1. The summed E-state index contributed by atoms with van der Waals surface area (Å²) in [7, 11) is 0. The van der Waals surface area contributed by atoms with Crippen LogP contribution in [0.3, 0.4) is 0 Å². The number of carbonyl (C=O) groups is 1. The van der Waals surface area contributed by atoms with Gasteiger partial charge in [0.05, 0.1) is 12.2 Å². The highest BCUT2D eigenvalue weighted by molar-refractivity contribution is 6.30. The van der Waals surface area contributed by atoms with E-state index in [4.69, 9.17) is 16.3 Å². The number of hydrogen-bond donors (Lipinski definition) is 1.